The highest BCUT2D eigenvalue weighted by atomic mass is 19.3. The molecular formula is C14H22F2N2O. The molecule has 0 aromatic heterocycles. The molecule has 0 radical (unpaired) electrons. The Morgan fingerprint density at radius 3 is 2.47 bits per heavy atom. The van der Waals surface area contributed by atoms with E-state index >= 15 is 0 Å². The van der Waals surface area contributed by atoms with Crippen LogP contribution in [0.3, 0.4) is 0 Å². The van der Waals surface area contributed by atoms with Crippen molar-refractivity contribution in [2.45, 2.75) is 39.5 Å². The maximum Gasteiger partial charge on any atom is 0.387 e. The van der Waals surface area contributed by atoms with Crippen LogP contribution in [0, 0.1) is 0 Å². The number of alkyl halides is 2. The molecule has 5 heteroatoms. The highest BCUT2D eigenvalue weighted by Gasteiger charge is 2.09. The molecule has 108 valence electrons. The summed E-state index contributed by atoms with van der Waals surface area (Å²) in [5.74, 6) is 0.230. The van der Waals surface area contributed by atoms with Crippen molar-refractivity contribution in [2.24, 2.45) is 0 Å². The SMILES string of the molecule is CC(C)(C)NCCNCc1ccccc1OC(F)F. The molecule has 19 heavy (non-hydrogen) atoms. The molecule has 1 aromatic rings. The molecule has 0 heterocycles. The van der Waals surface area contributed by atoms with Gasteiger partial charge in [0.1, 0.15) is 5.75 Å². The van der Waals surface area contributed by atoms with E-state index in [4.69, 9.17) is 0 Å². The van der Waals surface area contributed by atoms with Gasteiger partial charge >= 0.3 is 6.61 Å². The summed E-state index contributed by atoms with van der Waals surface area (Å²) in [6.07, 6.45) is 0. The van der Waals surface area contributed by atoms with Gasteiger partial charge in [-0.3, -0.25) is 0 Å². The second kappa shape index (κ2) is 7.40. The first-order chi connectivity index (χ1) is 8.88. The molecule has 3 nitrogen and oxygen atoms in total. The first-order valence-electron chi connectivity index (χ1n) is 6.37. The highest BCUT2D eigenvalue weighted by molar-refractivity contribution is 5.33. The highest BCUT2D eigenvalue weighted by Crippen LogP contribution is 2.19. The van der Waals surface area contributed by atoms with Crippen LogP contribution in [0.5, 0.6) is 5.75 Å². The quantitative estimate of drug-likeness (QED) is 0.749. The van der Waals surface area contributed by atoms with E-state index in [0.717, 1.165) is 18.7 Å². The standard InChI is InChI=1S/C14H22F2N2O/c1-14(2,3)18-9-8-17-10-11-6-4-5-7-12(11)19-13(15)16/h4-7,13,17-18H,8-10H2,1-3H3. The topological polar surface area (TPSA) is 33.3 Å². The molecule has 0 saturated heterocycles. The third-order valence-electron chi connectivity index (χ3n) is 2.46. The fourth-order valence-electron chi connectivity index (χ4n) is 1.61. The zero-order chi connectivity index (χ0) is 14.3. The van der Waals surface area contributed by atoms with Gasteiger partial charge in [0.15, 0.2) is 0 Å². The number of hydrogen-bond acceptors (Lipinski definition) is 3. The van der Waals surface area contributed by atoms with Crippen molar-refractivity contribution in [3.63, 3.8) is 0 Å². The molecule has 0 bridgehead atoms. The Labute approximate surface area is 113 Å². The molecule has 1 rings (SSSR count). The molecule has 2 N–H and O–H groups in total. The van der Waals surface area contributed by atoms with Gasteiger partial charge in [0.05, 0.1) is 0 Å². The van der Waals surface area contributed by atoms with Crippen molar-refractivity contribution in [3.8, 4) is 5.75 Å². The monoisotopic (exact) mass is 272 g/mol. The van der Waals surface area contributed by atoms with E-state index in [-0.39, 0.29) is 11.3 Å². The Morgan fingerprint density at radius 1 is 1.16 bits per heavy atom. The summed E-state index contributed by atoms with van der Waals surface area (Å²) in [4.78, 5) is 0. The molecule has 1 aromatic carbocycles. The summed E-state index contributed by atoms with van der Waals surface area (Å²) < 4.78 is 28.9. The van der Waals surface area contributed by atoms with E-state index in [1.807, 2.05) is 6.07 Å². The van der Waals surface area contributed by atoms with Crippen LogP contribution in [-0.2, 0) is 6.54 Å². The lowest BCUT2D eigenvalue weighted by Crippen LogP contribution is -2.40. The number of benzene rings is 1. The normalized spacial score (nSPS) is 11.9. The number of rotatable bonds is 7. The molecule has 0 unspecified atom stereocenters. The minimum Gasteiger partial charge on any atom is -0.434 e. The van der Waals surface area contributed by atoms with Crippen LogP contribution in [0.25, 0.3) is 0 Å². The smallest absolute Gasteiger partial charge is 0.387 e. The van der Waals surface area contributed by atoms with E-state index in [1.54, 1.807) is 18.2 Å². The Hall–Kier alpha value is -1.20. The third kappa shape index (κ3) is 7.08. The van der Waals surface area contributed by atoms with E-state index in [1.165, 1.54) is 0 Å². The van der Waals surface area contributed by atoms with Crippen LogP contribution < -0.4 is 15.4 Å². The van der Waals surface area contributed by atoms with Crippen molar-refractivity contribution in [3.05, 3.63) is 29.8 Å². The van der Waals surface area contributed by atoms with Gasteiger partial charge in [0, 0.05) is 30.7 Å². The molecule has 0 saturated carbocycles. The number of ether oxygens (including phenoxy) is 1. The van der Waals surface area contributed by atoms with E-state index in [0.29, 0.717) is 6.54 Å². The zero-order valence-corrected chi connectivity index (χ0v) is 11.7. The number of halogens is 2. The molecule has 0 aliphatic heterocycles. The van der Waals surface area contributed by atoms with Crippen LogP contribution in [-0.4, -0.2) is 25.2 Å². The fourth-order valence-corrected chi connectivity index (χ4v) is 1.61. The largest absolute Gasteiger partial charge is 0.434 e. The van der Waals surface area contributed by atoms with Crippen LogP contribution in [0.2, 0.25) is 0 Å². The van der Waals surface area contributed by atoms with E-state index < -0.39 is 6.61 Å². The van der Waals surface area contributed by atoms with Gasteiger partial charge in [0.25, 0.3) is 0 Å². The van der Waals surface area contributed by atoms with E-state index in [2.05, 4.69) is 36.1 Å². The van der Waals surface area contributed by atoms with Gasteiger partial charge in [-0.05, 0) is 26.8 Å². The fraction of sp³-hybridized carbons (Fsp3) is 0.571. The van der Waals surface area contributed by atoms with E-state index in [9.17, 15) is 8.78 Å². The molecular weight excluding hydrogens is 250 g/mol. The van der Waals surface area contributed by atoms with Gasteiger partial charge < -0.3 is 15.4 Å². The number of hydrogen-bond donors (Lipinski definition) is 2. The van der Waals surface area contributed by atoms with Gasteiger partial charge in [-0.2, -0.15) is 8.78 Å². The van der Waals surface area contributed by atoms with Gasteiger partial charge in [0.2, 0.25) is 0 Å². The predicted octanol–water partition coefficient (Wildman–Crippen LogP) is 2.77. The summed E-state index contributed by atoms with van der Waals surface area (Å²) in [5, 5.41) is 6.54. The molecule has 0 atom stereocenters. The summed E-state index contributed by atoms with van der Waals surface area (Å²) in [5.41, 5.74) is 0.816. The maximum absolute atomic E-state index is 12.2. The van der Waals surface area contributed by atoms with Crippen LogP contribution in [0.1, 0.15) is 26.3 Å². The summed E-state index contributed by atoms with van der Waals surface area (Å²) in [6, 6.07) is 6.82. The first-order valence-corrected chi connectivity index (χ1v) is 6.37. The molecule has 0 amide bonds. The number of para-hydroxylation sites is 1. The lowest BCUT2D eigenvalue weighted by Gasteiger charge is -2.20. The maximum atomic E-state index is 12.2. The predicted molar refractivity (Wildman–Crippen MR) is 72.5 cm³/mol. The molecule has 0 spiro atoms. The minimum absolute atomic E-state index is 0.0817. The van der Waals surface area contributed by atoms with Crippen molar-refractivity contribution in [2.75, 3.05) is 13.1 Å². The minimum atomic E-state index is -2.79. The van der Waals surface area contributed by atoms with Gasteiger partial charge in [-0.25, -0.2) is 0 Å². The van der Waals surface area contributed by atoms with Crippen LogP contribution in [0.15, 0.2) is 24.3 Å². The van der Waals surface area contributed by atoms with Crippen molar-refractivity contribution >= 4 is 0 Å². The Bertz CT molecular complexity index is 378. The average molecular weight is 272 g/mol. The lowest BCUT2D eigenvalue weighted by molar-refractivity contribution is -0.0504. The molecule has 0 fully saturated rings. The first kappa shape index (κ1) is 15.9. The molecule has 0 aliphatic rings. The Morgan fingerprint density at radius 2 is 1.84 bits per heavy atom. The van der Waals surface area contributed by atoms with Crippen LogP contribution in [0.4, 0.5) is 8.78 Å². The molecule has 0 aliphatic carbocycles. The second-order valence-electron chi connectivity index (χ2n) is 5.34. The Kier molecular flexibility index (Phi) is 6.18. The van der Waals surface area contributed by atoms with Crippen molar-refractivity contribution < 1.29 is 13.5 Å². The summed E-state index contributed by atoms with van der Waals surface area (Å²) in [7, 11) is 0. The summed E-state index contributed by atoms with van der Waals surface area (Å²) >= 11 is 0. The van der Waals surface area contributed by atoms with Gasteiger partial charge in [-0.1, -0.05) is 18.2 Å². The lowest BCUT2D eigenvalue weighted by atomic mass is 10.1. The second-order valence-corrected chi connectivity index (χ2v) is 5.34. The Balaban J connectivity index is 2.36. The van der Waals surface area contributed by atoms with Crippen LogP contribution >= 0.6 is 0 Å². The zero-order valence-electron chi connectivity index (χ0n) is 11.7. The van der Waals surface area contributed by atoms with Crippen molar-refractivity contribution in [1.29, 1.82) is 0 Å². The number of nitrogens with one attached hydrogen (secondary N) is 2. The average Bonchev–Trinajstić information content (AvgIpc) is 2.28. The third-order valence-corrected chi connectivity index (χ3v) is 2.46. The van der Waals surface area contributed by atoms with Crippen molar-refractivity contribution in [1.82, 2.24) is 10.6 Å². The summed E-state index contributed by atoms with van der Waals surface area (Å²) in [6.45, 7) is 5.59. The van der Waals surface area contributed by atoms with Gasteiger partial charge in [-0.15, -0.1) is 0 Å².